The highest BCUT2D eigenvalue weighted by molar-refractivity contribution is 7.98. The fourth-order valence-corrected chi connectivity index (χ4v) is 4.90. The summed E-state index contributed by atoms with van der Waals surface area (Å²) in [6, 6.07) is 30.2. The summed E-state index contributed by atoms with van der Waals surface area (Å²) in [5.41, 5.74) is 7.09. The van der Waals surface area contributed by atoms with Crippen LogP contribution in [0.1, 0.15) is 32.6 Å². The minimum Gasteiger partial charge on any atom is -0.348 e. The lowest BCUT2D eigenvalue weighted by molar-refractivity contribution is 0.0951. The molecule has 0 saturated carbocycles. The number of thioether (sulfide) groups is 1. The molecule has 35 heavy (non-hydrogen) atoms. The molecule has 5 nitrogen and oxygen atoms in total. The normalized spacial score (nSPS) is 11.0. The molecular formula is C29H26N4OS. The summed E-state index contributed by atoms with van der Waals surface area (Å²) in [7, 11) is 0. The fourth-order valence-electron chi connectivity index (χ4n) is 3.94. The van der Waals surface area contributed by atoms with E-state index in [-0.39, 0.29) is 5.91 Å². The molecule has 2 heterocycles. The first-order valence-corrected chi connectivity index (χ1v) is 12.6. The monoisotopic (exact) mass is 478 g/mol. The van der Waals surface area contributed by atoms with E-state index in [2.05, 4.69) is 40.0 Å². The fraction of sp³-hybridized carbons (Fsp3) is 0.138. The Morgan fingerprint density at radius 3 is 2.46 bits per heavy atom. The zero-order valence-electron chi connectivity index (χ0n) is 19.5. The minimum atomic E-state index is -0.0665. The zero-order valence-corrected chi connectivity index (χ0v) is 20.3. The number of aromatic nitrogens is 3. The van der Waals surface area contributed by atoms with Crippen molar-refractivity contribution in [3.05, 3.63) is 125 Å². The number of carbonyl (C=O) groups excluding carboxylic acids is 1. The molecule has 3 aromatic carbocycles. The smallest absolute Gasteiger partial charge is 0.251 e. The number of carbonyl (C=O) groups is 1. The average Bonchev–Trinajstić information content (AvgIpc) is 3.25. The van der Waals surface area contributed by atoms with Crippen molar-refractivity contribution in [1.82, 2.24) is 19.9 Å². The highest BCUT2D eigenvalue weighted by Gasteiger charge is 2.13. The van der Waals surface area contributed by atoms with Gasteiger partial charge in [-0.05, 0) is 53.4 Å². The summed E-state index contributed by atoms with van der Waals surface area (Å²) in [6.45, 7) is 3.30. The maximum atomic E-state index is 12.6. The molecule has 0 saturated heterocycles. The van der Waals surface area contributed by atoms with Gasteiger partial charge in [0.2, 0.25) is 0 Å². The molecule has 5 rings (SSSR count). The Morgan fingerprint density at radius 2 is 1.66 bits per heavy atom. The maximum absolute atomic E-state index is 12.6. The first kappa shape index (κ1) is 22.9. The quantitative estimate of drug-likeness (QED) is 0.278. The van der Waals surface area contributed by atoms with Crippen molar-refractivity contribution in [2.75, 3.05) is 0 Å². The summed E-state index contributed by atoms with van der Waals surface area (Å²) >= 11 is 1.68. The van der Waals surface area contributed by atoms with Crippen molar-refractivity contribution in [1.29, 1.82) is 0 Å². The molecule has 0 aliphatic rings. The number of pyridine rings is 1. The van der Waals surface area contributed by atoms with Crippen LogP contribution < -0.4 is 5.32 Å². The minimum absolute atomic E-state index is 0.0665. The molecule has 0 radical (unpaired) electrons. The predicted octanol–water partition coefficient (Wildman–Crippen LogP) is 6.01. The average molecular weight is 479 g/mol. The standard InChI is InChI=1S/C29H26N4OS/c1-21-8-5-6-11-25(21)18-31-28(34)24-15-13-23(14-16-24)20-35-29-32-26-12-7-17-30-27(26)33(29)19-22-9-3-2-4-10-22/h2-17H,18-20H2,1H3,(H,31,34). The molecule has 0 fully saturated rings. The molecule has 0 aliphatic heterocycles. The van der Waals surface area contributed by atoms with Crippen LogP contribution >= 0.6 is 11.8 Å². The first-order chi connectivity index (χ1) is 17.2. The molecule has 0 spiro atoms. The highest BCUT2D eigenvalue weighted by Crippen LogP contribution is 2.27. The molecule has 1 N–H and O–H groups in total. The molecule has 0 aliphatic carbocycles. The number of rotatable bonds is 8. The van der Waals surface area contributed by atoms with Crippen LogP contribution in [0.3, 0.4) is 0 Å². The van der Waals surface area contributed by atoms with E-state index < -0.39 is 0 Å². The Kier molecular flexibility index (Phi) is 6.91. The number of imidazole rings is 1. The van der Waals surface area contributed by atoms with Crippen LogP contribution in [0.4, 0.5) is 0 Å². The van der Waals surface area contributed by atoms with Crippen LogP contribution in [-0.4, -0.2) is 20.4 Å². The second-order valence-corrected chi connectivity index (χ2v) is 9.35. The van der Waals surface area contributed by atoms with E-state index in [0.717, 1.165) is 39.7 Å². The summed E-state index contributed by atoms with van der Waals surface area (Å²) < 4.78 is 2.17. The number of nitrogens with one attached hydrogen (secondary N) is 1. The van der Waals surface area contributed by atoms with Gasteiger partial charge >= 0.3 is 0 Å². The van der Waals surface area contributed by atoms with Gasteiger partial charge in [0.1, 0.15) is 5.52 Å². The van der Waals surface area contributed by atoms with Gasteiger partial charge in [-0.15, -0.1) is 0 Å². The Hall–Kier alpha value is -3.90. The van der Waals surface area contributed by atoms with Gasteiger partial charge in [-0.3, -0.25) is 9.36 Å². The third kappa shape index (κ3) is 5.44. The maximum Gasteiger partial charge on any atom is 0.251 e. The number of hydrogen-bond donors (Lipinski definition) is 1. The molecule has 1 amide bonds. The molecule has 5 aromatic rings. The van der Waals surface area contributed by atoms with Crippen LogP contribution in [0.2, 0.25) is 0 Å². The molecule has 0 unspecified atom stereocenters. The van der Waals surface area contributed by atoms with E-state index in [9.17, 15) is 4.79 Å². The summed E-state index contributed by atoms with van der Waals surface area (Å²) in [5.74, 6) is 0.687. The molecule has 0 atom stereocenters. The van der Waals surface area contributed by atoms with Crippen molar-refractivity contribution < 1.29 is 4.79 Å². The summed E-state index contributed by atoms with van der Waals surface area (Å²) in [6.07, 6.45) is 1.81. The van der Waals surface area contributed by atoms with E-state index in [0.29, 0.717) is 12.1 Å². The molecule has 2 aromatic heterocycles. The first-order valence-electron chi connectivity index (χ1n) is 11.6. The van der Waals surface area contributed by atoms with E-state index in [4.69, 9.17) is 4.98 Å². The number of nitrogens with zero attached hydrogens (tertiary/aromatic N) is 3. The van der Waals surface area contributed by atoms with Gasteiger partial charge in [0.05, 0.1) is 6.54 Å². The van der Waals surface area contributed by atoms with Crippen molar-refractivity contribution in [2.24, 2.45) is 0 Å². The van der Waals surface area contributed by atoms with Gasteiger partial charge in [0.15, 0.2) is 10.8 Å². The van der Waals surface area contributed by atoms with Crippen LogP contribution in [-0.2, 0) is 18.8 Å². The SMILES string of the molecule is Cc1ccccc1CNC(=O)c1ccc(CSc2nc3cccnc3n2Cc2ccccc2)cc1. The van der Waals surface area contributed by atoms with Crippen LogP contribution in [0.15, 0.2) is 102 Å². The van der Waals surface area contributed by atoms with Gasteiger partial charge in [-0.25, -0.2) is 9.97 Å². The van der Waals surface area contributed by atoms with E-state index in [1.165, 1.54) is 11.1 Å². The highest BCUT2D eigenvalue weighted by atomic mass is 32.2. The van der Waals surface area contributed by atoms with Gasteiger partial charge in [0, 0.05) is 24.1 Å². The summed E-state index contributed by atoms with van der Waals surface area (Å²) in [5, 5.41) is 3.95. The van der Waals surface area contributed by atoms with Crippen LogP contribution in [0, 0.1) is 6.92 Å². The lowest BCUT2D eigenvalue weighted by Crippen LogP contribution is -2.23. The van der Waals surface area contributed by atoms with Crippen molar-refractivity contribution in [3.63, 3.8) is 0 Å². The van der Waals surface area contributed by atoms with Gasteiger partial charge < -0.3 is 5.32 Å². The topological polar surface area (TPSA) is 59.8 Å². The molecule has 0 bridgehead atoms. The van der Waals surface area contributed by atoms with Gasteiger partial charge in [-0.1, -0.05) is 78.5 Å². The van der Waals surface area contributed by atoms with Crippen molar-refractivity contribution in [2.45, 2.75) is 30.9 Å². The third-order valence-electron chi connectivity index (χ3n) is 5.94. The Labute approximate surface area is 209 Å². The molecule has 6 heteroatoms. The van der Waals surface area contributed by atoms with E-state index >= 15 is 0 Å². The number of amides is 1. The van der Waals surface area contributed by atoms with Gasteiger partial charge in [0.25, 0.3) is 5.91 Å². The Balaban J connectivity index is 1.26. The number of hydrogen-bond acceptors (Lipinski definition) is 4. The van der Waals surface area contributed by atoms with Crippen LogP contribution in [0.25, 0.3) is 11.2 Å². The Morgan fingerprint density at radius 1 is 0.886 bits per heavy atom. The number of benzene rings is 3. The molecular weight excluding hydrogens is 452 g/mol. The summed E-state index contributed by atoms with van der Waals surface area (Å²) in [4.78, 5) is 22.0. The Bertz CT molecular complexity index is 1450. The lowest BCUT2D eigenvalue weighted by atomic mass is 10.1. The van der Waals surface area contributed by atoms with Gasteiger partial charge in [-0.2, -0.15) is 0 Å². The number of aryl methyl sites for hydroxylation is 1. The lowest BCUT2D eigenvalue weighted by Gasteiger charge is -2.10. The second-order valence-electron chi connectivity index (χ2n) is 8.41. The molecule has 174 valence electrons. The second kappa shape index (κ2) is 10.6. The van der Waals surface area contributed by atoms with Crippen molar-refractivity contribution >= 4 is 28.8 Å². The number of fused-ring (bicyclic) bond motifs is 1. The third-order valence-corrected chi connectivity index (χ3v) is 6.98. The van der Waals surface area contributed by atoms with Crippen LogP contribution in [0.5, 0.6) is 0 Å². The largest absolute Gasteiger partial charge is 0.348 e. The van der Waals surface area contributed by atoms with E-state index in [1.54, 1.807) is 11.8 Å². The van der Waals surface area contributed by atoms with Crippen molar-refractivity contribution in [3.8, 4) is 0 Å². The zero-order chi connectivity index (χ0) is 24.0. The van der Waals surface area contributed by atoms with E-state index in [1.807, 2.05) is 79.0 Å². The predicted molar refractivity (Wildman–Crippen MR) is 141 cm³/mol.